The number of nitrogens with zero attached hydrogens (tertiary/aromatic N) is 3. The number of pyridine rings is 1. The fraction of sp³-hybridized carbons (Fsp3) is 0.500. The van der Waals surface area contributed by atoms with Crippen LogP contribution in [0.4, 0.5) is 0 Å². The van der Waals surface area contributed by atoms with Gasteiger partial charge in [-0.3, -0.25) is 9.69 Å². The molecule has 22 heavy (non-hydrogen) atoms. The van der Waals surface area contributed by atoms with Crippen molar-refractivity contribution < 1.29 is 14.3 Å². The highest BCUT2D eigenvalue weighted by Gasteiger charge is 2.24. The maximum Gasteiger partial charge on any atom is 0.259 e. The van der Waals surface area contributed by atoms with Gasteiger partial charge in [0.25, 0.3) is 5.91 Å². The van der Waals surface area contributed by atoms with Crippen molar-refractivity contribution in [3.63, 3.8) is 0 Å². The summed E-state index contributed by atoms with van der Waals surface area (Å²) in [6.07, 6.45) is 6.93. The molecule has 0 N–H and O–H groups in total. The number of carbonyl (C=O) groups excluding carboxylic acids is 1. The summed E-state index contributed by atoms with van der Waals surface area (Å²) in [5, 5.41) is 0. The van der Waals surface area contributed by atoms with E-state index in [-0.39, 0.29) is 5.91 Å². The SMILES string of the molecule is C#CCN1CCN(C(=O)c2cccnc2OCCOC)CC1. The van der Waals surface area contributed by atoms with E-state index >= 15 is 0 Å². The van der Waals surface area contributed by atoms with Crippen molar-refractivity contribution in [3.8, 4) is 18.2 Å². The fourth-order valence-corrected chi connectivity index (χ4v) is 2.30. The van der Waals surface area contributed by atoms with Crippen LogP contribution >= 0.6 is 0 Å². The molecule has 2 heterocycles. The molecule has 6 nitrogen and oxygen atoms in total. The number of amides is 1. The van der Waals surface area contributed by atoms with Gasteiger partial charge in [0, 0.05) is 39.5 Å². The van der Waals surface area contributed by atoms with E-state index in [9.17, 15) is 4.79 Å². The van der Waals surface area contributed by atoms with E-state index in [4.69, 9.17) is 15.9 Å². The van der Waals surface area contributed by atoms with Crippen LogP contribution in [0.2, 0.25) is 0 Å². The minimum Gasteiger partial charge on any atom is -0.475 e. The Balaban J connectivity index is 1.99. The third-order valence-electron chi connectivity index (χ3n) is 3.50. The van der Waals surface area contributed by atoms with Gasteiger partial charge in [-0.15, -0.1) is 6.42 Å². The fourth-order valence-electron chi connectivity index (χ4n) is 2.30. The molecular weight excluding hydrogens is 282 g/mol. The number of rotatable bonds is 6. The minimum absolute atomic E-state index is 0.0547. The number of methoxy groups -OCH3 is 1. The lowest BCUT2D eigenvalue weighted by Gasteiger charge is -2.33. The third kappa shape index (κ3) is 4.20. The van der Waals surface area contributed by atoms with E-state index in [1.807, 2.05) is 4.90 Å². The molecule has 1 aromatic heterocycles. The Kier molecular flexibility index (Phi) is 6.19. The standard InChI is InChI=1S/C16H21N3O3/c1-3-7-18-8-10-19(11-9-18)16(20)14-5-4-6-17-15(14)22-13-12-21-2/h1,4-6H,7-13H2,2H3. The second-order valence-electron chi connectivity index (χ2n) is 4.97. The molecule has 1 aliphatic rings. The van der Waals surface area contributed by atoms with Gasteiger partial charge in [0.1, 0.15) is 12.2 Å². The predicted octanol–water partition coefficient (Wildman–Crippen LogP) is 0.498. The average molecular weight is 303 g/mol. The van der Waals surface area contributed by atoms with Gasteiger partial charge in [-0.25, -0.2) is 4.98 Å². The van der Waals surface area contributed by atoms with Crippen molar-refractivity contribution in [2.75, 3.05) is 53.0 Å². The van der Waals surface area contributed by atoms with Crippen LogP contribution in [0.1, 0.15) is 10.4 Å². The van der Waals surface area contributed by atoms with Crippen molar-refractivity contribution in [2.24, 2.45) is 0 Å². The largest absolute Gasteiger partial charge is 0.475 e. The summed E-state index contributed by atoms with van der Waals surface area (Å²) in [4.78, 5) is 20.8. The Morgan fingerprint density at radius 1 is 1.36 bits per heavy atom. The lowest BCUT2D eigenvalue weighted by molar-refractivity contribution is 0.0644. The van der Waals surface area contributed by atoms with Crippen molar-refractivity contribution in [1.29, 1.82) is 0 Å². The molecule has 0 aliphatic carbocycles. The number of terminal acetylenes is 1. The highest BCUT2D eigenvalue weighted by Crippen LogP contribution is 2.17. The molecular formula is C16H21N3O3. The first kappa shape index (κ1) is 16.3. The van der Waals surface area contributed by atoms with Crippen LogP contribution < -0.4 is 4.74 Å². The second-order valence-corrected chi connectivity index (χ2v) is 4.97. The Labute approximate surface area is 131 Å². The average Bonchev–Trinajstić information content (AvgIpc) is 2.56. The molecule has 1 aromatic rings. The van der Waals surface area contributed by atoms with Crippen molar-refractivity contribution in [1.82, 2.24) is 14.8 Å². The summed E-state index contributed by atoms with van der Waals surface area (Å²) in [6, 6.07) is 3.48. The first-order valence-corrected chi connectivity index (χ1v) is 7.28. The van der Waals surface area contributed by atoms with E-state index in [0.717, 1.165) is 13.1 Å². The van der Waals surface area contributed by atoms with Gasteiger partial charge in [0.15, 0.2) is 0 Å². The van der Waals surface area contributed by atoms with Gasteiger partial charge in [-0.1, -0.05) is 5.92 Å². The Hall–Kier alpha value is -2.10. The molecule has 1 aliphatic heterocycles. The van der Waals surface area contributed by atoms with E-state index in [0.29, 0.717) is 44.3 Å². The smallest absolute Gasteiger partial charge is 0.259 e. The molecule has 1 saturated heterocycles. The molecule has 1 fully saturated rings. The zero-order valence-electron chi connectivity index (χ0n) is 12.8. The molecule has 0 spiro atoms. The van der Waals surface area contributed by atoms with E-state index in [1.165, 1.54) is 0 Å². The van der Waals surface area contributed by atoms with Gasteiger partial charge in [0.2, 0.25) is 5.88 Å². The number of hydrogen-bond acceptors (Lipinski definition) is 5. The summed E-state index contributed by atoms with van der Waals surface area (Å²) in [7, 11) is 1.60. The maximum absolute atomic E-state index is 12.6. The molecule has 2 rings (SSSR count). The molecule has 0 bridgehead atoms. The summed E-state index contributed by atoms with van der Waals surface area (Å²) in [5.74, 6) is 2.93. The van der Waals surface area contributed by atoms with Gasteiger partial charge < -0.3 is 14.4 Å². The number of aromatic nitrogens is 1. The molecule has 0 aromatic carbocycles. The summed E-state index contributed by atoms with van der Waals surface area (Å²) < 4.78 is 10.5. The Morgan fingerprint density at radius 2 is 2.14 bits per heavy atom. The molecule has 0 radical (unpaired) electrons. The summed E-state index contributed by atoms with van der Waals surface area (Å²) in [6.45, 7) is 4.34. The van der Waals surface area contributed by atoms with Gasteiger partial charge in [-0.05, 0) is 12.1 Å². The third-order valence-corrected chi connectivity index (χ3v) is 3.50. The molecule has 1 amide bonds. The zero-order chi connectivity index (χ0) is 15.8. The molecule has 0 atom stereocenters. The Morgan fingerprint density at radius 3 is 2.82 bits per heavy atom. The summed E-state index contributed by atoms with van der Waals surface area (Å²) in [5.41, 5.74) is 0.490. The van der Waals surface area contributed by atoms with Crippen LogP contribution in [-0.2, 0) is 4.74 Å². The predicted molar refractivity (Wildman–Crippen MR) is 82.8 cm³/mol. The van der Waals surface area contributed by atoms with Crippen LogP contribution in [0.5, 0.6) is 5.88 Å². The van der Waals surface area contributed by atoms with Crippen molar-refractivity contribution in [3.05, 3.63) is 23.9 Å². The second kappa shape index (κ2) is 8.37. The lowest BCUT2D eigenvalue weighted by Crippen LogP contribution is -2.48. The quantitative estimate of drug-likeness (QED) is 0.566. The maximum atomic E-state index is 12.6. The van der Waals surface area contributed by atoms with E-state index in [2.05, 4.69) is 15.8 Å². The van der Waals surface area contributed by atoms with Crippen LogP contribution in [-0.4, -0.2) is 73.7 Å². The van der Waals surface area contributed by atoms with Crippen LogP contribution in [0, 0.1) is 12.3 Å². The number of ether oxygens (including phenoxy) is 2. The topological polar surface area (TPSA) is 54.9 Å². The van der Waals surface area contributed by atoms with Crippen LogP contribution in [0.3, 0.4) is 0 Å². The number of hydrogen-bond donors (Lipinski definition) is 0. The lowest BCUT2D eigenvalue weighted by atomic mass is 10.2. The molecule has 6 heteroatoms. The van der Waals surface area contributed by atoms with Gasteiger partial charge >= 0.3 is 0 Å². The van der Waals surface area contributed by atoms with Gasteiger partial charge in [0.05, 0.1) is 13.2 Å². The normalized spacial score (nSPS) is 15.4. The monoisotopic (exact) mass is 303 g/mol. The van der Waals surface area contributed by atoms with E-state index < -0.39 is 0 Å². The van der Waals surface area contributed by atoms with Crippen molar-refractivity contribution in [2.45, 2.75) is 0 Å². The van der Waals surface area contributed by atoms with E-state index in [1.54, 1.807) is 25.4 Å². The first-order valence-electron chi connectivity index (χ1n) is 7.28. The van der Waals surface area contributed by atoms with Gasteiger partial charge in [-0.2, -0.15) is 0 Å². The molecule has 118 valence electrons. The number of carbonyl (C=O) groups is 1. The van der Waals surface area contributed by atoms with Crippen LogP contribution in [0.15, 0.2) is 18.3 Å². The van der Waals surface area contributed by atoms with Crippen LogP contribution in [0.25, 0.3) is 0 Å². The molecule has 0 saturated carbocycles. The number of piperazine rings is 1. The summed E-state index contributed by atoms with van der Waals surface area (Å²) >= 11 is 0. The first-order chi connectivity index (χ1) is 10.8. The zero-order valence-corrected chi connectivity index (χ0v) is 12.8. The highest BCUT2D eigenvalue weighted by atomic mass is 16.5. The highest BCUT2D eigenvalue weighted by molar-refractivity contribution is 5.96. The van der Waals surface area contributed by atoms with Crippen molar-refractivity contribution >= 4 is 5.91 Å². The Bertz CT molecular complexity index is 534. The minimum atomic E-state index is -0.0547. The molecule has 0 unspecified atom stereocenters.